The first kappa shape index (κ1) is 11.7. The van der Waals surface area contributed by atoms with Gasteiger partial charge in [0.1, 0.15) is 0 Å². The zero-order chi connectivity index (χ0) is 13.0. The molecule has 0 bridgehead atoms. The zero-order valence-electron chi connectivity index (χ0n) is 11.2. The first-order valence-electron chi connectivity index (χ1n) is 6.17. The molecule has 3 rings (SSSR count). The molecule has 2 aromatic heterocycles. The van der Waals surface area contributed by atoms with Crippen LogP contribution in [0.2, 0.25) is 0 Å². The lowest BCUT2D eigenvalue weighted by molar-refractivity contribution is 0.00578. The molecule has 5 heteroatoms. The molecule has 1 aliphatic heterocycles. The van der Waals surface area contributed by atoms with Crippen LogP contribution in [-0.2, 0) is 9.31 Å². The maximum Gasteiger partial charge on any atom is 0.598 e. The van der Waals surface area contributed by atoms with Crippen LogP contribution in [0.4, 0.5) is 0 Å². The SMILES string of the molecule is CC1(C)OB(n2ccc3ccncc32)OC1(C)C. The Morgan fingerprint density at radius 3 is 2.44 bits per heavy atom. The van der Waals surface area contributed by atoms with Crippen molar-refractivity contribution in [1.82, 2.24) is 9.46 Å². The topological polar surface area (TPSA) is 36.3 Å². The molecule has 0 unspecified atom stereocenters. The highest BCUT2D eigenvalue weighted by Crippen LogP contribution is 2.37. The molecule has 2 aromatic rings. The van der Waals surface area contributed by atoms with Gasteiger partial charge in [-0.05, 0) is 46.0 Å². The standard InChI is InChI=1S/C13H17BN2O2/c1-12(2)13(3,4)18-14(17-12)16-8-6-10-5-7-15-9-11(10)16/h5-9H,1-4H3. The molecule has 0 atom stereocenters. The van der Waals surface area contributed by atoms with Crippen LogP contribution in [-0.4, -0.2) is 27.9 Å². The molecule has 0 amide bonds. The predicted octanol–water partition coefficient (Wildman–Crippen LogP) is 2.47. The molecule has 1 fully saturated rings. The molecule has 18 heavy (non-hydrogen) atoms. The molecular weight excluding hydrogens is 227 g/mol. The van der Waals surface area contributed by atoms with Gasteiger partial charge in [0, 0.05) is 11.6 Å². The van der Waals surface area contributed by atoms with Crippen LogP contribution in [0.1, 0.15) is 27.7 Å². The molecular formula is C13H17BN2O2. The van der Waals surface area contributed by atoms with E-state index in [-0.39, 0.29) is 11.2 Å². The van der Waals surface area contributed by atoms with Crippen molar-refractivity contribution in [3.05, 3.63) is 30.7 Å². The van der Waals surface area contributed by atoms with E-state index < -0.39 is 7.25 Å². The van der Waals surface area contributed by atoms with E-state index in [2.05, 4.69) is 32.7 Å². The molecule has 0 radical (unpaired) electrons. The molecule has 94 valence electrons. The molecule has 0 aliphatic carbocycles. The predicted molar refractivity (Wildman–Crippen MR) is 71.2 cm³/mol. The second-order valence-electron chi connectivity index (χ2n) is 5.72. The number of hydrogen-bond donors (Lipinski definition) is 0. The van der Waals surface area contributed by atoms with Crippen LogP contribution in [0.3, 0.4) is 0 Å². The van der Waals surface area contributed by atoms with E-state index >= 15 is 0 Å². The number of nitrogens with zero attached hydrogens (tertiary/aromatic N) is 2. The normalized spacial score (nSPS) is 21.7. The number of pyridine rings is 1. The highest BCUT2D eigenvalue weighted by atomic mass is 16.7. The van der Waals surface area contributed by atoms with Gasteiger partial charge in [-0.15, -0.1) is 0 Å². The maximum absolute atomic E-state index is 6.03. The second kappa shape index (κ2) is 3.59. The van der Waals surface area contributed by atoms with E-state index in [1.54, 1.807) is 6.20 Å². The van der Waals surface area contributed by atoms with Crippen molar-refractivity contribution in [2.24, 2.45) is 0 Å². The Kier molecular flexibility index (Phi) is 2.34. The van der Waals surface area contributed by atoms with E-state index in [0.29, 0.717) is 0 Å². The smallest absolute Gasteiger partial charge is 0.384 e. The lowest BCUT2D eigenvalue weighted by Crippen LogP contribution is -2.41. The summed E-state index contributed by atoms with van der Waals surface area (Å²) in [4.78, 5) is 4.16. The summed E-state index contributed by atoms with van der Waals surface area (Å²) in [6.07, 6.45) is 5.60. The van der Waals surface area contributed by atoms with Crippen molar-refractivity contribution in [2.45, 2.75) is 38.9 Å². The van der Waals surface area contributed by atoms with E-state index in [4.69, 9.17) is 9.31 Å². The van der Waals surface area contributed by atoms with Gasteiger partial charge in [0.2, 0.25) is 0 Å². The van der Waals surface area contributed by atoms with Gasteiger partial charge in [0.05, 0.1) is 22.9 Å². The van der Waals surface area contributed by atoms with Crippen LogP contribution in [0.25, 0.3) is 10.9 Å². The average molecular weight is 244 g/mol. The van der Waals surface area contributed by atoms with Crippen molar-refractivity contribution >= 4 is 18.2 Å². The van der Waals surface area contributed by atoms with Crippen LogP contribution >= 0.6 is 0 Å². The number of aromatic nitrogens is 2. The summed E-state index contributed by atoms with van der Waals surface area (Å²) in [5.41, 5.74) is 0.378. The van der Waals surface area contributed by atoms with Crippen LogP contribution < -0.4 is 0 Å². The Morgan fingerprint density at radius 2 is 1.78 bits per heavy atom. The molecule has 3 heterocycles. The van der Waals surface area contributed by atoms with Gasteiger partial charge < -0.3 is 13.8 Å². The first-order valence-corrected chi connectivity index (χ1v) is 6.17. The van der Waals surface area contributed by atoms with E-state index in [0.717, 1.165) is 10.9 Å². The Morgan fingerprint density at radius 1 is 1.11 bits per heavy atom. The van der Waals surface area contributed by atoms with Crippen LogP contribution in [0.15, 0.2) is 30.7 Å². The fourth-order valence-corrected chi connectivity index (χ4v) is 2.10. The summed E-state index contributed by atoms with van der Waals surface area (Å²) in [5.74, 6) is 0. The van der Waals surface area contributed by atoms with Crippen LogP contribution in [0, 0.1) is 0 Å². The van der Waals surface area contributed by atoms with Gasteiger partial charge >= 0.3 is 7.25 Å². The summed E-state index contributed by atoms with van der Waals surface area (Å²) in [6, 6.07) is 4.03. The monoisotopic (exact) mass is 244 g/mol. The van der Waals surface area contributed by atoms with Gasteiger partial charge in [-0.1, -0.05) is 0 Å². The Hall–Kier alpha value is -1.33. The summed E-state index contributed by atoms with van der Waals surface area (Å²) in [7, 11) is -0.392. The summed E-state index contributed by atoms with van der Waals surface area (Å²) in [6.45, 7) is 8.21. The van der Waals surface area contributed by atoms with E-state index in [1.165, 1.54) is 0 Å². The third kappa shape index (κ3) is 1.58. The van der Waals surface area contributed by atoms with E-state index in [1.807, 2.05) is 29.0 Å². The first-order chi connectivity index (χ1) is 8.41. The number of hydrogen-bond acceptors (Lipinski definition) is 3. The fraction of sp³-hybridized carbons (Fsp3) is 0.462. The number of rotatable bonds is 1. The molecule has 1 aliphatic rings. The van der Waals surface area contributed by atoms with Crippen LogP contribution in [0.5, 0.6) is 0 Å². The summed E-state index contributed by atoms with van der Waals surface area (Å²) in [5, 5.41) is 1.14. The minimum absolute atomic E-state index is 0.323. The maximum atomic E-state index is 6.03. The van der Waals surface area contributed by atoms with Crippen molar-refractivity contribution in [2.75, 3.05) is 0 Å². The van der Waals surface area contributed by atoms with E-state index in [9.17, 15) is 0 Å². The molecule has 0 spiro atoms. The second-order valence-corrected chi connectivity index (χ2v) is 5.72. The quantitative estimate of drug-likeness (QED) is 0.723. The zero-order valence-corrected chi connectivity index (χ0v) is 11.2. The Bertz CT molecular complexity index is 575. The third-order valence-electron chi connectivity index (χ3n) is 3.99. The minimum Gasteiger partial charge on any atom is -0.384 e. The van der Waals surface area contributed by atoms with Crippen molar-refractivity contribution in [3.63, 3.8) is 0 Å². The van der Waals surface area contributed by atoms with Crippen molar-refractivity contribution < 1.29 is 9.31 Å². The Labute approximate surface area is 107 Å². The van der Waals surface area contributed by atoms with Gasteiger partial charge in [0.25, 0.3) is 0 Å². The minimum atomic E-state index is -0.392. The lowest BCUT2D eigenvalue weighted by atomic mass is 9.90. The molecule has 0 saturated carbocycles. The Balaban J connectivity index is 2.03. The molecule has 4 nitrogen and oxygen atoms in total. The van der Waals surface area contributed by atoms with Gasteiger partial charge in [-0.25, -0.2) is 0 Å². The highest BCUT2D eigenvalue weighted by Gasteiger charge is 2.52. The lowest BCUT2D eigenvalue weighted by Gasteiger charge is -2.32. The van der Waals surface area contributed by atoms with Crippen molar-refractivity contribution in [1.29, 1.82) is 0 Å². The van der Waals surface area contributed by atoms with Gasteiger partial charge in [0.15, 0.2) is 0 Å². The van der Waals surface area contributed by atoms with Gasteiger partial charge in [-0.3, -0.25) is 4.98 Å². The van der Waals surface area contributed by atoms with Gasteiger partial charge in [-0.2, -0.15) is 0 Å². The molecule has 1 saturated heterocycles. The third-order valence-corrected chi connectivity index (χ3v) is 3.99. The average Bonchev–Trinajstić information content (AvgIpc) is 2.78. The fourth-order valence-electron chi connectivity index (χ4n) is 2.10. The largest absolute Gasteiger partial charge is 0.598 e. The summed E-state index contributed by atoms with van der Waals surface area (Å²) >= 11 is 0. The number of fused-ring (bicyclic) bond motifs is 1. The molecule has 0 aromatic carbocycles. The summed E-state index contributed by atoms with van der Waals surface area (Å²) < 4.78 is 14.0. The molecule has 0 N–H and O–H groups in total. The van der Waals surface area contributed by atoms with Crippen molar-refractivity contribution in [3.8, 4) is 0 Å². The highest BCUT2D eigenvalue weighted by molar-refractivity contribution is 6.45.